The number of phenolic OH excluding ortho intramolecular Hbond substituents is 1. The van der Waals surface area contributed by atoms with Crippen molar-refractivity contribution < 1.29 is 29.0 Å². The quantitative estimate of drug-likeness (QED) is 0.523. The minimum absolute atomic E-state index is 0.0373. The largest absolute Gasteiger partial charge is 0.508 e. The Kier molecular flexibility index (Phi) is 8.25. The highest BCUT2D eigenvalue weighted by molar-refractivity contribution is 5.87. The van der Waals surface area contributed by atoms with Gasteiger partial charge in [-0.2, -0.15) is 0 Å². The molecule has 3 amide bonds. The van der Waals surface area contributed by atoms with Crippen molar-refractivity contribution in [2.75, 3.05) is 0 Å². The van der Waals surface area contributed by atoms with Crippen LogP contribution in [0.1, 0.15) is 31.9 Å². The molecule has 166 valence electrons. The van der Waals surface area contributed by atoms with Gasteiger partial charge < -0.3 is 19.9 Å². The van der Waals surface area contributed by atoms with E-state index in [0.717, 1.165) is 5.56 Å². The Morgan fingerprint density at radius 2 is 1.55 bits per heavy atom. The predicted octanol–water partition coefficient (Wildman–Crippen LogP) is 2.79. The van der Waals surface area contributed by atoms with Gasteiger partial charge >= 0.3 is 12.2 Å². The summed E-state index contributed by atoms with van der Waals surface area (Å²) >= 11 is 0. The maximum absolute atomic E-state index is 12.6. The zero-order valence-corrected chi connectivity index (χ0v) is 17.7. The first-order valence-corrected chi connectivity index (χ1v) is 9.66. The van der Waals surface area contributed by atoms with Gasteiger partial charge in [-0.05, 0) is 44.0 Å². The number of hydrazine groups is 1. The van der Waals surface area contributed by atoms with Gasteiger partial charge in [0.2, 0.25) is 0 Å². The molecule has 0 saturated heterocycles. The van der Waals surface area contributed by atoms with Gasteiger partial charge in [0.25, 0.3) is 5.91 Å². The predicted molar refractivity (Wildman–Crippen MR) is 113 cm³/mol. The van der Waals surface area contributed by atoms with Crippen LogP contribution in [0.4, 0.5) is 9.59 Å². The third kappa shape index (κ3) is 9.07. The van der Waals surface area contributed by atoms with Gasteiger partial charge in [0, 0.05) is 6.42 Å². The number of aromatic hydroxyl groups is 1. The van der Waals surface area contributed by atoms with Crippen molar-refractivity contribution in [2.45, 2.75) is 45.4 Å². The first-order valence-electron chi connectivity index (χ1n) is 9.66. The molecule has 9 heteroatoms. The molecular weight excluding hydrogens is 402 g/mol. The molecule has 0 unspecified atom stereocenters. The molecule has 0 aliphatic carbocycles. The van der Waals surface area contributed by atoms with Crippen molar-refractivity contribution in [1.82, 2.24) is 16.2 Å². The molecule has 9 nitrogen and oxygen atoms in total. The van der Waals surface area contributed by atoms with Gasteiger partial charge in [0.15, 0.2) is 0 Å². The third-order valence-electron chi connectivity index (χ3n) is 3.88. The summed E-state index contributed by atoms with van der Waals surface area (Å²) in [5, 5.41) is 11.9. The summed E-state index contributed by atoms with van der Waals surface area (Å²) in [7, 11) is 0. The van der Waals surface area contributed by atoms with Gasteiger partial charge in [-0.3, -0.25) is 10.2 Å². The Balaban J connectivity index is 1.94. The Labute approximate surface area is 180 Å². The van der Waals surface area contributed by atoms with Gasteiger partial charge in [0.1, 0.15) is 24.0 Å². The van der Waals surface area contributed by atoms with Crippen LogP contribution >= 0.6 is 0 Å². The van der Waals surface area contributed by atoms with Crippen LogP contribution in [0.2, 0.25) is 0 Å². The van der Waals surface area contributed by atoms with Crippen molar-refractivity contribution in [3.8, 4) is 5.75 Å². The molecule has 2 rings (SSSR count). The SMILES string of the molecule is CC(C)(C)OC(=O)N[C@@H](Cc1ccc(O)cc1)C(=O)NNC(=O)OCc1ccccc1. The minimum atomic E-state index is -1.05. The molecule has 0 aliphatic rings. The van der Waals surface area contributed by atoms with Crippen molar-refractivity contribution in [3.05, 3.63) is 65.7 Å². The number of alkyl carbamates (subject to hydrolysis) is 1. The third-order valence-corrected chi connectivity index (χ3v) is 3.88. The Bertz CT molecular complexity index is 878. The number of phenols is 1. The van der Waals surface area contributed by atoms with Crippen molar-refractivity contribution in [3.63, 3.8) is 0 Å². The second-order valence-electron chi connectivity index (χ2n) is 7.75. The highest BCUT2D eigenvalue weighted by atomic mass is 16.6. The standard InChI is InChI=1S/C22H27N3O6/c1-22(2,3)31-20(28)23-18(13-15-9-11-17(26)12-10-15)19(27)24-25-21(29)30-14-16-7-5-4-6-8-16/h4-12,18,26H,13-14H2,1-3H3,(H,23,28)(H,24,27)(H,25,29)/t18-/m0/s1. The fraction of sp³-hybridized carbons (Fsp3) is 0.318. The molecule has 0 saturated carbocycles. The number of ether oxygens (including phenoxy) is 2. The first kappa shape index (κ1) is 23.5. The highest BCUT2D eigenvalue weighted by Gasteiger charge is 2.25. The van der Waals surface area contributed by atoms with Crippen LogP contribution in [0.15, 0.2) is 54.6 Å². The molecule has 1 atom stereocenters. The molecule has 0 radical (unpaired) electrons. The molecular formula is C22H27N3O6. The number of rotatable bonds is 6. The highest BCUT2D eigenvalue weighted by Crippen LogP contribution is 2.12. The summed E-state index contributed by atoms with van der Waals surface area (Å²) in [5.74, 6) is -0.594. The number of benzene rings is 2. The lowest BCUT2D eigenvalue weighted by Crippen LogP contribution is -2.53. The molecule has 0 bridgehead atoms. The Hall–Kier alpha value is -3.75. The van der Waals surface area contributed by atoms with Gasteiger partial charge in [-0.1, -0.05) is 42.5 Å². The van der Waals surface area contributed by atoms with E-state index in [1.807, 2.05) is 18.2 Å². The van der Waals surface area contributed by atoms with Gasteiger partial charge in [-0.15, -0.1) is 0 Å². The number of hydrogen-bond donors (Lipinski definition) is 4. The molecule has 0 aromatic heterocycles. The van der Waals surface area contributed by atoms with E-state index in [9.17, 15) is 19.5 Å². The molecule has 31 heavy (non-hydrogen) atoms. The minimum Gasteiger partial charge on any atom is -0.508 e. The Morgan fingerprint density at radius 3 is 2.16 bits per heavy atom. The zero-order chi connectivity index (χ0) is 22.9. The molecule has 0 heterocycles. The summed E-state index contributed by atoms with van der Waals surface area (Å²) in [6.45, 7) is 5.14. The molecule has 2 aromatic rings. The Morgan fingerprint density at radius 1 is 0.903 bits per heavy atom. The van der Waals surface area contributed by atoms with Crippen molar-refractivity contribution in [2.24, 2.45) is 0 Å². The van der Waals surface area contributed by atoms with Crippen LogP contribution in [0.3, 0.4) is 0 Å². The van der Waals surface area contributed by atoms with Crippen LogP contribution in [0, 0.1) is 0 Å². The van der Waals surface area contributed by atoms with Crippen molar-refractivity contribution >= 4 is 18.1 Å². The lowest BCUT2D eigenvalue weighted by Gasteiger charge is -2.23. The summed E-state index contributed by atoms with van der Waals surface area (Å²) in [6.07, 6.45) is -1.53. The van der Waals surface area contributed by atoms with E-state index in [1.54, 1.807) is 45.0 Å². The lowest BCUT2D eigenvalue weighted by atomic mass is 10.1. The van der Waals surface area contributed by atoms with Crippen LogP contribution < -0.4 is 16.2 Å². The van der Waals surface area contributed by atoms with Gasteiger partial charge in [0.05, 0.1) is 0 Å². The summed E-state index contributed by atoms with van der Waals surface area (Å²) in [5.41, 5.74) is 5.12. The number of carbonyl (C=O) groups excluding carboxylic acids is 3. The second-order valence-corrected chi connectivity index (χ2v) is 7.75. The van der Waals surface area contributed by atoms with Crippen molar-refractivity contribution in [1.29, 1.82) is 0 Å². The summed E-state index contributed by atoms with van der Waals surface area (Å²) in [4.78, 5) is 36.6. The van der Waals surface area contributed by atoms with E-state index in [1.165, 1.54) is 12.1 Å². The maximum atomic E-state index is 12.6. The lowest BCUT2D eigenvalue weighted by molar-refractivity contribution is -0.124. The zero-order valence-electron chi connectivity index (χ0n) is 17.7. The monoisotopic (exact) mass is 429 g/mol. The van der Waals surface area contributed by atoms with Crippen LogP contribution in [-0.4, -0.2) is 34.8 Å². The average molecular weight is 429 g/mol. The van der Waals surface area contributed by atoms with Gasteiger partial charge in [-0.25, -0.2) is 15.0 Å². The summed E-state index contributed by atoms with van der Waals surface area (Å²) in [6, 6.07) is 14.2. The van der Waals surface area contributed by atoms with E-state index < -0.39 is 29.7 Å². The van der Waals surface area contributed by atoms with E-state index in [2.05, 4.69) is 16.2 Å². The van der Waals surface area contributed by atoms with Crippen LogP contribution in [0.5, 0.6) is 5.75 Å². The molecule has 0 fully saturated rings. The van der Waals surface area contributed by atoms with Crippen LogP contribution in [-0.2, 0) is 27.3 Å². The number of hydrogen-bond acceptors (Lipinski definition) is 6. The molecule has 4 N–H and O–H groups in total. The van der Waals surface area contributed by atoms with E-state index in [0.29, 0.717) is 5.56 Å². The molecule has 0 spiro atoms. The number of nitrogens with one attached hydrogen (secondary N) is 3. The number of amides is 3. The van der Waals surface area contributed by atoms with Crippen LogP contribution in [0.25, 0.3) is 0 Å². The maximum Gasteiger partial charge on any atom is 0.426 e. The fourth-order valence-electron chi connectivity index (χ4n) is 2.49. The normalized spacial score (nSPS) is 11.7. The number of carbonyl (C=O) groups is 3. The second kappa shape index (κ2) is 10.9. The first-order chi connectivity index (χ1) is 14.6. The smallest absolute Gasteiger partial charge is 0.426 e. The van der Waals surface area contributed by atoms with E-state index in [4.69, 9.17) is 9.47 Å². The van der Waals surface area contributed by atoms with E-state index in [-0.39, 0.29) is 18.8 Å². The topological polar surface area (TPSA) is 126 Å². The molecule has 0 aliphatic heterocycles. The molecule has 2 aromatic carbocycles. The fourth-order valence-corrected chi connectivity index (χ4v) is 2.49. The average Bonchev–Trinajstić information content (AvgIpc) is 2.71. The summed E-state index contributed by atoms with van der Waals surface area (Å²) < 4.78 is 10.2. The van der Waals surface area contributed by atoms with E-state index >= 15 is 0 Å².